The van der Waals surface area contributed by atoms with Gasteiger partial charge in [0.05, 0.1) is 0 Å². The Balaban J connectivity index is 1.81. The van der Waals surface area contributed by atoms with Gasteiger partial charge in [-0.15, -0.1) is 0 Å². The van der Waals surface area contributed by atoms with Crippen LogP contribution in [0.1, 0.15) is 52.5 Å². The van der Waals surface area contributed by atoms with E-state index in [1.165, 1.54) is 5.56 Å². The fourth-order valence-corrected chi connectivity index (χ4v) is 2.94. The first-order valence-corrected chi connectivity index (χ1v) is 9.16. The smallest absolute Gasteiger partial charge is 0.410 e. The van der Waals surface area contributed by atoms with Gasteiger partial charge < -0.3 is 15.0 Å². The second-order valence-corrected chi connectivity index (χ2v) is 7.68. The minimum absolute atomic E-state index is 0.0343. The zero-order valence-corrected chi connectivity index (χ0v) is 15.8. The molecule has 5 nitrogen and oxygen atoms in total. The molecule has 1 aliphatic heterocycles. The molecule has 0 unspecified atom stereocenters. The molecule has 1 N–H and O–H groups in total. The Hall–Kier alpha value is -2.04. The second-order valence-electron chi connectivity index (χ2n) is 7.68. The molecule has 0 aromatic heterocycles. The number of nitrogens with one attached hydrogen (secondary N) is 1. The van der Waals surface area contributed by atoms with Crippen molar-refractivity contribution in [3.05, 3.63) is 29.8 Å². The summed E-state index contributed by atoms with van der Waals surface area (Å²) in [6, 6.07) is 8.03. The van der Waals surface area contributed by atoms with E-state index in [4.69, 9.17) is 4.74 Å². The molecule has 138 valence electrons. The highest BCUT2D eigenvalue weighted by Gasteiger charge is 2.29. The topological polar surface area (TPSA) is 58.6 Å². The van der Waals surface area contributed by atoms with Gasteiger partial charge in [0.2, 0.25) is 5.91 Å². The quantitative estimate of drug-likeness (QED) is 0.888. The summed E-state index contributed by atoms with van der Waals surface area (Å²) < 4.78 is 5.39. The molecule has 2 rings (SSSR count). The van der Waals surface area contributed by atoms with Crippen molar-refractivity contribution in [1.82, 2.24) is 4.90 Å². The lowest BCUT2D eigenvalue weighted by molar-refractivity contribution is -0.121. The predicted octanol–water partition coefficient (Wildman–Crippen LogP) is 4.22. The van der Waals surface area contributed by atoms with Crippen molar-refractivity contribution in [3.8, 4) is 0 Å². The third kappa shape index (κ3) is 6.07. The molecule has 0 radical (unpaired) electrons. The normalized spacial score (nSPS) is 15.8. The van der Waals surface area contributed by atoms with E-state index in [0.717, 1.165) is 18.5 Å². The molecule has 0 atom stereocenters. The number of hydrogen-bond donors (Lipinski definition) is 1. The highest BCUT2D eigenvalue weighted by atomic mass is 16.6. The Bertz CT molecular complexity index is 582. The number of carbonyl (C=O) groups is 2. The van der Waals surface area contributed by atoms with Crippen LogP contribution >= 0.6 is 0 Å². The van der Waals surface area contributed by atoms with Crippen LogP contribution in [0, 0.1) is 5.92 Å². The predicted molar refractivity (Wildman–Crippen MR) is 99.6 cm³/mol. The zero-order chi connectivity index (χ0) is 18.4. The Labute approximate surface area is 150 Å². The van der Waals surface area contributed by atoms with Gasteiger partial charge in [-0.25, -0.2) is 4.79 Å². The van der Waals surface area contributed by atoms with Crippen molar-refractivity contribution in [2.24, 2.45) is 5.92 Å². The van der Waals surface area contributed by atoms with Crippen LogP contribution < -0.4 is 5.32 Å². The Kier molecular flexibility index (Phi) is 6.45. The van der Waals surface area contributed by atoms with E-state index < -0.39 is 5.60 Å². The monoisotopic (exact) mass is 346 g/mol. The van der Waals surface area contributed by atoms with E-state index in [1.807, 2.05) is 32.9 Å². The molecule has 1 aromatic rings. The number of rotatable bonds is 4. The number of likely N-dealkylation sites (tertiary alicyclic amines) is 1. The first-order chi connectivity index (χ1) is 11.8. The number of benzene rings is 1. The zero-order valence-electron chi connectivity index (χ0n) is 15.8. The van der Waals surface area contributed by atoms with Crippen molar-refractivity contribution in [1.29, 1.82) is 0 Å². The van der Waals surface area contributed by atoms with Gasteiger partial charge in [0.25, 0.3) is 0 Å². The van der Waals surface area contributed by atoms with Gasteiger partial charge in [-0.3, -0.25) is 4.79 Å². The third-order valence-corrected chi connectivity index (χ3v) is 4.28. The van der Waals surface area contributed by atoms with Crippen molar-refractivity contribution in [3.63, 3.8) is 0 Å². The van der Waals surface area contributed by atoms with E-state index in [1.54, 1.807) is 4.90 Å². The highest BCUT2D eigenvalue weighted by molar-refractivity contribution is 5.92. The van der Waals surface area contributed by atoms with Crippen molar-refractivity contribution in [2.75, 3.05) is 18.4 Å². The molecule has 1 fully saturated rings. The van der Waals surface area contributed by atoms with Gasteiger partial charge in [-0.05, 0) is 57.7 Å². The average Bonchev–Trinajstić information content (AvgIpc) is 2.55. The molecule has 0 aliphatic carbocycles. The molecule has 1 heterocycles. The summed E-state index contributed by atoms with van der Waals surface area (Å²) in [5, 5.41) is 2.99. The Morgan fingerprint density at radius 1 is 1.16 bits per heavy atom. The maximum absolute atomic E-state index is 12.4. The summed E-state index contributed by atoms with van der Waals surface area (Å²) in [5.74, 6) is -0.0268. The third-order valence-electron chi connectivity index (χ3n) is 4.28. The number of aryl methyl sites for hydroxylation is 1. The fourth-order valence-electron chi connectivity index (χ4n) is 2.94. The van der Waals surface area contributed by atoms with Gasteiger partial charge in [-0.1, -0.05) is 25.5 Å². The van der Waals surface area contributed by atoms with Crippen LogP contribution in [0.4, 0.5) is 10.5 Å². The van der Waals surface area contributed by atoms with Gasteiger partial charge in [-0.2, -0.15) is 0 Å². The van der Waals surface area contributed by atoms with E-state index in [9.17, 15) is 9.59 Å². The number of nitrogens with zero attached hydrogens (tertiary/aromatic N) is 1. The van der Waals surface area contributed by atoms with Gasteiger partial charge in [0.1, 0.15) is 5.60 Å². The van der Waals surface area contributed by atoms with Crippen LogP contribution in [0.3, 0.4) is 0 Å². The van der Waals surface area contributed by atoms with E-state index in [2.05, 4.69) is 24.4 Å². The molecule has 0 bridgehead atoms. The molecule has 5 heteroatoms. The van der Waals surface area contributed by atoms with Crippen LogP contribution in [0.25, 0.3) is 0 Å². The molecule has 0 spiro atoms. The maximum atomic E-state index is 12.4. The number of ether oxygens (including phenoxy) is 1. The lowest BCUT2D eigenvalue weighted by Gasteiger charge is -2.32. The van der Waals surface area contributed by atoms with Crippen LogP contribution in [0.5, 0.6) is 0 Å². The van der Waals surface area contributed by atoms with Crippen LogP contribution in [-0.2, 0) is 16.0 Å². The molecule has 2 amide bonds. The van der Waals surface area contributed by atoms with Gasteiger partial charge in [0.15, 0.2) is 0 Å². The van der Waals surface area contributed by atoms with Gasteiger partial charge >= 0.3 is 6.09 Å². The number of hydrogen-bond acceptors (Lipinski definition) is 3. The number of piperidine rings is 1. The summed E-state index contributed by atoms with van der Waals surface area (Å²) in [5.41, 5.74) is 1.63. The number of anilines is 1. The summed E-state index contributed by atoms with van der Waals surface area (Å²) in [7, 11) is 0. The van der Waals surface area contributed by atoms with E-state index in [-0.39, 0.29) is 17.9 Å². The molecule has 0 saturated carbocycles. The molecule has 1 saturated heterocycles. The standard InChI is InChI=1S/C20H30N2O3/c1-5-6-15-7-9-17(10-8-15)21-18(23)16-11-13-22(14-12-16)19(24)25-20(2,3)4/h7-10,16H,5-6,11-14H2,1-4H3,(H,21,23). The summed E-state index contributed by atoms with van der Waals surface area (Å²) in [6.07, 6.45) is 3.20. The lowest BCUT2D eigenvalue weighted by Crippen LogP contribution is -2.43. The second kappa shape index (κ2) is 8.37. The first-order valence-electron chi connectivity index (χ1n) is 9.16. The van der Waals surface area contributed by atoms with Crippen LogP contribution in [-0.4, -0.2) is 35.6 Å². The van der Waals surface area contributed by atoms with Crippen molar-refractivity contribution >= 4 is 17.7 Å². The van der Waals surface area contributed by atoms with E-state index >= 15 is 0 Å². The first kappa shape index (κ1) is 19.3. The molecular formula is C20H30N2O3. The minimum Gasteiger partial charge on any atom is -0.444 e. The van der Waals surface area contributed by atoms with E-state index in [0.29, 0.717) is 25.9 Å². The molecule has 1 aliphatic rings. The Morgan fingerprint density at radius 2 is 1.76 bits per heavy atom. The van der Waals surface area contributed by atoms with Gasteiger partial charge in [0, 0.05) is 24.7 Å². The number of carbonyl (C=O) groups excluding carboxylic acids is 2. The maximum Gasteiger partial charge on any atom is 0.410 e. The largest absolute Gasteiger partial charge is 0.444 e. The summed E-state index contributed by atoms with van der Waals surface area (Å²) >= 11 is 0. The summed E-state index contributed by atoms with van der Waals surface area (Å²) in [4.78, 5) is 26.2. The molecule has 1 aromatic carbocycles. The van der Waals surface area contributed by atoms with Crippen molar-refractivity contribution < 1.29 is 14.3 Å². The fraction of sp³-hybridized carbons (Fsp3) is 0.600. The molecular weight excluding hydrogens is 316 g/mol. The Morgan fingerprint density at radius 3 is 2.28 bits per heavy atom. The van der Waals surface area contributed by atoms with Crippen LogP contribution in [0.15, 0.2) is 24.3 Å². The van der Waals surface area contributed by atoms with Crippen LogP contribution in [0.2, 0.25) is 0 Å². The lowest BCUT2D eigenvalue weighted by atomic mass is 9.96. The molecule has 25 heavy (non-hydrogen) atoms. The number of amides is 2. The highest BCUT2D eigenvalue weighted by Crippen LogP contribution is 2.21. The van der Waals surface area contributed by atoms with Crippen molar-refractivity contribution in [2.45, 2.75) is 59.0 Å². The SMILES string of the molecule is CCCc1ccc(NC(=O)C2CCN(C(=O)OC(C)(C)C)CC2)cc1. The minimum atomic E-state index is -0.491. The summed E-state index contributed by atoms with van der Waals surface area (Å²) in [6.45, 7) is 8.84. The average molecular weight is 346 g/mol.